The normalized spacial score (nSPS) is 11.6. The van der Waals surface area contributed by atoms with E-state index in [0.29, 0.717) is 15.2 Å². The Labute approximate surface area is 115 Å². The summed E-state index contributed by atoms with van der Waals surface area (Å²) in [5, 5.41) is 14.3. The van der Waals surface area contributed by atoms with E-state index < -0.39 is 20.9 Å². The molecule has 106 valence electrons. The number of aryl methyl sites for hydroxylation is 3. The van der Waals surface area contributed by atoms with Crippen LogP contribution in [0.3, 0.4) is 0 Å². The van der Waals surface area contributed by atoms with Crippen LogP contribution >= 0.6 is 0 Å². The molecule has 0 radical (unpaired) electrons. The summed E-state index contributed by atoms with van der Waals surface area (Å²) in [5.41, 5.74) is 1.92. The summed E-state index contributed by atoms with van der Waals surface area (Å²) in [6.45, 7) is 5.11. The van der Waals surface area contributed by atoms with E-state index in [1.807, 2.05) is 6.92 Å². The molecule has 0 saturated carbocycles. The van der Waals surface area contributed by atoms with Crippen LogP contribution in [-0.2, 0) is 10.0 Å². The lowest BCUT2D eigenvalue weighted by Gasteiger charge is -2.09. The molecule has 0 saturated heterocycles. The van der Waals surface area contributed by atoms with Crippen LogP contribution in [0.15, 0.2) is 23.4 Å². The van der Waals surface area contributed by atoms with Crippen molar-refractivity contribution in [3.8, 4) is 0 Å². The SMILES string of the molecule is Cc1cc(C)c(S(=O)(=O)n2ncnc2[N+](=O)[O-])c(C)c1. The standard InChI is InChI=1S/C11H12N4O4S/c1-7-4-8(2)10(9(3)5-7)20(18,19)14-11(15(16)17)12-6-13-14/h4-6H,1-3H3. The zero-order valence-corrected chi connectivity index (χ0v) is 11.9. The van der Waals surface area contributed by atoms with Gasteiger partial charge in [-0.05, 0) is 40.9 Å². The van der Waals surface area contributed by atoms with Gasteiger partial charge in [0.1, 0.15) is 4.90 Å². The van der Waals surface area contributed by atoms with Gasteiger partial charge in [0, 0.05) is 0 Å². The molecule has 0 amide bonds. The maximum Gasteiger partial charge on any atom is 0.471 e. The molecule has 0 aliphatic heterocycles. The van der Waals surface area contributed by atoms with Crippen LogP contribution in [-0.4, -0.2) is 27.5 Å². The van der Waals surface area contributed by atoms with Crippen LogP contribution in [0.2, 0.25) is 0 Å². The van der Waals surface area contributed by atoms with Crippen molar-refractivity contribution in [2.24, 2.45) is 0 Å². The largest absolute Gasteiger partial charge is 0.471 e. The van der Waals surface area contributed by atoms with Crippen molar-refractivity contribution in [1.29, 1.82) is 0 Å². The molecule has 0 bridgehead atoms. The minimum Gasteiger partial charge on any atom is -0.390 e. The van der Waals surface area contributed by atoms with E-state index in [1.54, 1.807) is 26.0 Å². The van der Waals surface area contributed by atoms with Crippen LogP contribution in [0, 0.1) is 30.9 Å². The Morgan fingerprint density at radius 1 is 1.20 bits per heavy atom. The molecule has 0 spiro atoms. The summed E-state index contributed by atoms with van der Waals surface area (Å²) in [6, 6.07) is 3.39. The highest BCUT2D eigenvalue weighted by molar-refractivity contribution is 7.90. The second kappa shape index (κ2) is 4.67. The smallest absolute Gasteiger partial charge is 0.390 e. The highest BCUT2D eigenvalue weighted by Gasteiger charge is 2.32. The Hall–Kier alpha value is -2.29. The summed E-state index contributed by atoms with van der Waals surface area (Å²) < 4.78 is 25.4. The number of nitrogens with zero attached hydrogens (tertiary/aromatic N) is 4. The fourth-order valence-electron chi connectivity index (χ4n) is 2.17. The molecule has 0 fully saturated rings. The molecule has 0 aliphatic rings. The van der Waals surface area contributed by atoms with Crippen molar-refractivity contribution in [3.05, 3.63) is 45.3 Å². The number of aromatic nitrogens is 3. The molecule has 20 heavy (non-hydrogen) atoms. The average molecular weight is 296 g/mol. The zero-order valence-electron chi connectivity index (χ0n) is 11.1. The van der Waals surface area contributed by atoms with Gasteiger partial charge in [-0.15, -0.1) is 0 Å². The third-order valence-electron chi connectivity index (χ3n) is 2.75. The quantitative estimate of drug-likeness (QED) is 0.624. The van der Waals surface area contributed by atoms with E-state index in [9.17, 15) is 18.5 Å². The molecule has 1 aromatic heterocycles. The molecular weight excluding hydrogens is 284 g/mol. The van der Waals surface area contributed by atoms with Gasteiger partial charge in [-0.2, -0.15) is 8.42 Å². The summed E-state index contributed by atoms with van der Waals surface area (Å²) in [4.78, 5) is 13.3. The van der Waals surface area contributed by atoms with Gasteiger partial charge in [-0.25, -0.2) is 0 Å². The number of nitro groups is 1. The van der Waals surface area contributed by atoms with Crippen LogP contribution in [0.5, 0.6) is 0 Å². The first-order valence-electron chi connectivity index (χ1n) is 5.63. The van der Waals surface area contributed by atoms with Crippen molar-refractivity contribution >= 4 is 16.0 Å². The predicted octanol–water partition coefficient (Wildman–Crippen LogP) is 1.35. The summed E-state index contributed by atoms with van der Waals surface area (Å²) in [5.74, 6) is -0.829. The van der Waals surface area contributed by atoms with E-state index >= 15 is 0 Å². The van der Waals surface area contributed by atoms with E-state index in [0.717, 1.165) is 11.9 Å². The van der Waals surface area contributed by atoms with Gasteiger partial charge in [-0.3, -0.25) is 0 Å². The fourth-order valence-corrected chi connectivity index (χ4v) is 3.77. The number of rotatable bonds is 3. The molecule has 2 aromatic rings. The molecule has 0 atom stereocenters. The average Bonchev–Trinajstić information content (AvgIpc) is 2.75. The molecule has 2 rings (SSSR count). The van der Waals surface area contributed by atoms with Crippen LogP contribution in [0.25, 0.3) is 0 Å². The van der Waals surface area contributed by atoms with Crippen molar-refractivity contribution in [2.75, 3.05) is 0 Å². The van der Waals surface area contributed by atoms with E-state index in [2.05, 4.69) is 10.1 Å². The lowest BCUT2D eigenvalue weighted by molar-refractivity contribution is -0.395. The lowest BCUT2D eigenvalue weighted by Crippen LogP contribution is -2.19. The van der Waals surface area contributed by atoms with Gasteiger partial charge >= 0.3 is 16.0 Å². The Bertz CT molecular complexity index is 771. The predicted molar refractivity (Wildman–Crippen MR) is 69.9 cm³/mol. The highest BCUT2D eigenvalue weighted by atomic mass is 32.2. The van der Waals surface area contributed by atoms with Gasteiger partial charge in [0.05, 0.1) is 0 Å². The first-order valence-corrected chi connectivity index (χ1v) is 7.07. The summed E-state index contributed by atoms with van der Waals surface area (Å²) in [7, 11) is -4.15. The zero-order chi connectivity index (χ0) is 15.1. The summed E-state index contributed by atoms with van der Waals surface area (Å²) >= 11 is 0. The minimum atomic E-state index is -4.15. The summed E-state index contributed by atoms with van der Waals surface area (Å²) in [6.07, 6.45) is 0.842. The maximum atomic E-state index is 12.5. The van der Waals surface area contributed by atoms with Gasteiger partial charge < -0.3 is 10.1 Å². The van der Waals surface area contributed by atoms with E-state index in [4.69, 9.17) is 0 Å². The Morgan fingerprint density at radius 3 is 2.25 bits per heavy atom. The van der Waals surface area contributed by atoms with Gasteiger partial charge in [0.25, 0.3) is 0 Å². The maximum absolute atomic E-state index is 12.5. The third kappa shape index (κ3) is 2.16. The second-order valence-corrected chi connectivity index (χ2v) is 6.10. The monoisotopic (exact) mass is 296 g/mol. The second-order valence-electron chi connectivity index (χ2n) is 4.39. The van der Waals surface area contributed by atoms with Crippen LogP contribution in [0.4, 0.5) is 5.95 Å². The Morgan fingerprint density at radius 2 is 1.75 bits per heavy atom. The molecule has 0 unspecified atom stereocenters. The van der Waals surface area contributed by atoms with Crippen LogP contribution in [0.1, 0.15) is 16.7 Å². The van der Waals surface area contributed by atoms with Crippen molar-refractivity contribution in [1.82, 2.24) is 14.2 Å². The first kappa shape index (κ1) is 14.1. The van der Waals surface area contributed by atoms with Gasteiger partial charge in [0.15, 0.2) is 0 Å². The van der Waals surface area contributed by atoms with Crippen LogP contribution < -0.4 is 0 Å². The van der Waals surface area contributed by atoms with Gasteiger partial charge in [0.2, 0.25) is 6.33 Å². The molecule has 0 N–H and O–H groups in total. The molecule has 0 aliphatic carbocycles. The fraction of sp³-hybridized carbons (Fsp3) is 0.273. The topological polar surface area (TPSA) is 108 Å². The van der Waals surface area contributed by atoms with Crippen molar-refractivity contribution in [2.45, 2.75) is 25.7 Å². The lowest BCUT2D eigenvalue weighted by atomic mass is 10.1. The Kier molecular flexibility index (Phi) is 3.30. The van der Waals surface area contributed by atoms with Crippen molar-refractivity contribution < 1.29 is 13.3 Å². The molecule has 9 heteroatoms. The number of benzene rings is 1. The van der Waals surface area contributed by atoms with Crippen molar-refractivity contribution in [3.63, 3.8) is 0 Å². The molecular formula is C11H12N4O4S. The molecule has 1 aromatic carbocycles. The Balaban J connectivity index is 2.74. The molecule has 1 heterocycles. The minimum absolute atomic E-state index is 0.0108. The molecule has 8 nitrogen and oxygen atoms in total. The number of hydrogen-bond acceptors (Lipinski definition) is 6. The van der Waals surface area contributed by atoms with E-state index in [1.165, 1.54) is 0 Å². The first-order chi connectivity index (χ1) is 9.25. The third-order valence-corrected chi connectivity index (χ3v) is 4.63. The van der Waals surface area contributed by atoms with Gasteiger partial charge in [-0.1, -0.05) is 27.8 Å². The van der Waals surface area contributed by atoms with E-state index in [-0.39, 0.29) is 4.90 Å². The number of hydrogen-bond donors (Lipinski definition) is 0. The highest BCUT2D eigenvalue weighted by Crippen LogP contribution is 2.25.